The zero-order valence-corrected chi connectivity index (χ0v) is 20.9. The minimum atomic E-state index is -2.30. The number of carbonyl (C=O) groups excluding carboxylic acids is 1. The molecule has 4 atom stereocenters. The summed E-state index contributed by atoms with van der Waals surface area (Å²) < 4.78 is 25.9. The molecule has 8 heteroatoms. The molecule has 2 N–H and O–H groups in total. The Morgan fingerprint density at radius 3 is 1.66 bits per heavy atom. The van der Waals surface area contributed by atoms with Crippen molar-refractivity contribution in [3.8, 4) is 0 Å². The lowest BCUT2D eigenvalue weighted by Gasteiger charge is -2.07. The Morgan fingerprint density at radius 2 is 1.48 bits per heavy atom. The van der Waals surface area contributed by atoms with Crippen molar-refractivity contribution in [2.75, 3.05) is 6.61 Å². The molecule has 29 heavy (non-hydrogen) atoms. The van der Waals surface area contributed by atoms with Crippen LogP contribution < -0.4 is 0 Å². The summed E-state index contributed by atoms with van der Waals surface area (Å²) in [6.07, 6.45) is 5.10. The molecule has 174 valence electrons. The summed E-state index contributed by atoms with van der Waals surface area (Å²) in [5.41, 5.74) is -0.533. The highest BCUT2D eigenvalue weighted by atomic mass is 31.1. The number of ether oxygens (including phenoxy) is 1. The summed E-state index contributed by atoms with van der Waals surface area (Å²) in [4.78, 5) is 28.5. The molecule has 0 heterocycles. The van der Waals surface area contributed by atoms with Crippen LogP contribution in [-0.4, -0.2) is 33.7 Å². The third-order valence-electron chi connectivity index (χ3n) is 3.50. The lowest BCUT2D eigenvalue weighted by Crippen LogP contribution is -2.18. The van der Waals surface area contributed by atoms with Gasteiger partial charge in [-0.1, -0.05) is 61.1 Å². The van der Waals surface area contributed by atoms with E-state index in [0.29, 0.717) is 12.5 Å². The van der Waals surface area contributed by atoms with E-state index < -0.39 is 27.7 Å². The molecule has 0 bridgehead atoms. The van der Waals surface area contributed by atoms with Crippen molar-refractivity contribution >= 4 is 22.0 Å². The number of carbonyl (C=O) groups is 1. The van der Waals surface area contributed by atoms with Crippen molar-refractivity contribution in [2.45, 2.75) is 93.9 Å². The summed E-state index contributed by atoms with van der Waals surface area (Å²) in [5.74, 6) is 0.845. The first-order valence-corrected chi connectivity index (χ1v) is 12.4. The van der Waals surface area contributed by atoms with Crippen LogP contribution in [0.4, 0.5) is 0 Å². The average molecular weight is 457 g/mol. The lowest BCUT2D eigenvalue weighted by atomic mass is 10.1. The van der Waals surface area contributed by atoms with Gasteiger partial charge in [0.25, 0.3) is 0 Å². The predicted octanol–water partition coefficient (Wildman–Crippen LogP) is 6.71. The predicted molar refractivity (Wildman–Crippen MR) is 125 cm³/mol. The molecule has 4 unspecified atom stereocenters. The van der Waals surface area contributed by atoms with Gasteiger partial charge in [0.05, 0.1) is 13.0 Å². The monoisotopic (exact) mass is 456 g/mol. The molecular weight excluding hydrogens is 410 g/mol. The number of hydrogen-bond donors (Lipinski definition) is 2. The van der Waals surface area contributed by atoms with Crippen LogP contribution in [0.1, 0.15) is 82.6 Å². The fourth-order valence-electron chi connectivity index (χ4n) is 2.12. The van der Waals surface area contributed by atoms with E-state index in [2.05, 4.69) is 39.8 Å². The van der Waals surface area contributed by atoms with Crippen LogP contribution in [0, 0.1) is 17.8 Å². The van der Waals surface area contributed by atoms with Gasteiger partial charge in [-0.2, -0.15) is 9.79 Å². The molecule has 0 amide bonds. The van der Waals surface area contributed by atoms with Gasteiger partial charge in [-0.05, 0) is 48.2 Å². The van der Waals surface area contributed by atoms with Gasteiger partial charge in [0.2, 0.25) is 0 Å². The molecule has 0 rings (SSSR count). The van der Waals surface area contributed by atoms with Crippen molar-refractivity contribution in [1.82, 2.24) is 0 Å². The molecular formula is C21H46O6P2+2. The Balaban J connectivity index is -0.000000171. The molecule has 0 aliphatic rings. The Hall–Kier alpha value is -0.670. The minimum absolute atomic E-state index is 0. The second-order valence-electron chi connectivity index (χ2n) is 7.67. The zero-order chi connectivity index (χ0) is 22.9. The van der Waals surface area contributed by atoms with E-state index in [1.54, 1.807) is 13.8 Å². The molecule has 6 nitrogen and oxygen atoms in total. The van der Waals surface area contributed by atoms with Gasteiger partial charge in [0, 0.05) is 5.92 Å². The van der Waals surface area contributed by atoms with Crippen molar-refractivity contribution in [3.05, 3.63) is 12.2 Å². The van der Waals surface area contributed by atoms with Crippen LogP contribution in [-0.2, 0) is 18.7 Å². The van der Waals surface area contributed by atoms with Gasteiger partial charge >= 0.3 is 22.0 Å². The molecule has 0 aromatic heterocycles. The van der Waals surface area contributed by atoms with E-state index in [9.17, 15) is 13.9 Å². The maximum absolute atomic E-state index is 11.0. The average Bonchev–Trinajstić information content (AvgIpc) is 2.52. The van der Waals surface area contributed by atoms with Gasteiger partial charge in [-0.15, -0.1) is 0 Å². The summed E-state index contributed by atoms with van der Waals surface area (Å²) in [6, 6.07) is 0. The van der Waals surface area contributed by atoms with Crippen molar-refractivity contribution in [1.29, 1.82) is 0 Å². The second kappa shape index (κ2) is 22.0. The molecule has 0 aliphatic carbocycles. The summed E-state index contributed by atoms with van der Waals surface area (Å²) in [6.45, 7) is 17.9. The minimum Gasteiger partial charge on any atom is -0.466 e. The molecule has 0 aliphatic heterocycles. The maximum atomic E-state index is 11.0. The first-order chi connectivity index (χ1) is 12.8. The Kier molecular flexibility index (Phi) is 27.1. The fourth-order valence-corrected chi connectivity index (χ4v) is 3.53. The first kappa shape index (κ1) is 35.7. The molecule has 0 fully saturated rings. The molecule has 0 saturated heterocycles. The SMILES string of the molecule is C.CC(C)CC(C)[P+](=O)O.CC=CC(C)C.CCOC(=O)CC(C(C)C)[P+](=O)O. The topological polar surface area (TPSA) is 101 Å². The van der Waals surface area contributed by atoms with E-state index in [4.69, 9.17) is 14.5 Å². The lowest BCUT2D eigenvalue weighted by molar-refractivity contribution is -0.143. The highest BCUT2D eigenvalue weighted by Gasteiger charge is 2.35. The number of esters is 1. The first-order valence-electron chi connectivity index (χ1n) is 9.88. The van der Waals surface area contributed by atoms with Crippen LogP contribution in [0.15, 0.2) is 12.2 Å². The summed E-state index contributed by atoms with van der Waals surface area (Å²) in [7, 11) is -4.24. The third kappa shape index (κ3) is 27.3. The van der Waals surface area contributed by atoms with E-state index >= 15 is 0 Å². The summed E-state index contributed by atoms with van der Waals surface area (Å²) >= 11 is 0. The Labute approximate surface area is 181 Å². The smallest absolute Gasteiger partial charge is 0.466 e. The Bertz CT molecular complexity index is 462. The number of hydrogen-bond acceptors (Lipinski definition) is 4. The van der Waals surface area contributed by atoms with Crippen molar-refractivity contribution < 1.29 is 28.4 Å². The second-order valence-corrected chi connectivity index (χ2v) is 10.4. The fraction of sp³-hybridized carbons (Fsp3) is 0.857. The molecule has 0 spiro atoms. The third-order valence-corrected chi connectivity index (χ3v) is 5.81. The van der Waals surface area contributed by atoms with E-state index in [0.717, 1.165) is 12.3 Å². The van der Waals surface area contributed by atoms with Crippen molar-refractivity contribution in [3.63, 3.8) is 0 Å². The quantitative estimate of drug-likeness (QED) is 0.227. The van der Waals surface area contributed by atoms with Crippen molar-refractivity contribution in [2.24, 2.45) is 17.8 Å². The van der Waals surface area contributed by atoms with Gasteiger partial charge in [-0.25, -0.2) is 0 Å². The largest absolute Gasteiger partial charge is 0.509 e. The Morgan fingerprint density at radius 1 is 1.00 bits per heavy atom. The van der Waals surface area contributed by atoms with Gasteiger partial charge < -0.3 is 4.74 Å². The van der Waals surface area contributed by atoms with E-state index in [1.807, 2.05) is 20.8 Å². The standard InChI is InChI=1S/C8H15O4P.C6H13O2P.C6H12.CH4/c1-4-12-8(9)5-7(6(2)3)13(10)11;1-5(2)4-6(3)9(7)8;1-4-5-6(2)3;/h6-7H,4-5H2,1-3H3;5-6H,4H2,1-3H3;4-6H,1-3H3;1H4/p+2. The van der Waals surface area contributed by atoms with E-state index in [1.165, 1.54) is 0 Å². The molecule has 0 radical (unpaired) electrons. The highest BCUT2D eigenvalue weighted by Crippen LogP contribution is 2.31. The molecule has 0 aromatic rings. The van der Waals surface area contributed by atoms with E-state index in [-0.39, 0.29) is 25.4 Å². The van der Waals surface area contributed by atoms with Gasteiger partial charge in [-0.3, -0.25) is 4.79 Å². The molecule has 0 aromatic carbocycles. The number of rotatable bonds is 9. The van der Waals surface area contributed by atoms with Crippen LogP contribution in [0.3, 0.4) is 0 Å². The highest BCUT2D eigenvalue weighted by molar-refractivity contribution is 7.39. The summed E-state index contributed by atoms with van der Waals surface area (Å²) in [5, 5.41) is 0. The maximum Gasteiger partial charge on any atom is 0.509 e. The van der Waals surface area contributed by atoms with Crippen LogP contribution in [0.25, 0.3) is 0 Å². The number of allylic oxidation sites excluding steroid dienone is 2. The van der Waals surface area contributed by atoms with Crippen LogP contribution >= 0.6 is 16.1 Å². The van der Waals surface area contributed by atoms with Gasteiger partial charge in [0.15, 0.2) is 11.3 Å². The normalized spacial score (nSPS) is 13.6. The van der Waals surface area contributed by atoms with Crippen LogP contribution in [0.2, 0.25) is 0 Å². The van der Waals surface area contributed by atoms with Gasteiger partial charge in [0.1, 0.15) is 0 Å². The molecule has 0 saturated carbocycles. The van der Waals surface area contributed by atoms with Crippen LogP contribution in [0.5, 0.6) is 0 Å². The zero-order valence-electron chi connectivity index (χ0n) is 19.1.